The summed E-state index contributed by atoms with van der Waals surface area (Å²) < 4.78 is 13.9. The Morgan fingerprint density at radius 3 is 2.67 bits per heavy atom. The first-order valence-electron chi connectivity index (χ1n) is 8.31. The molecule has 0 spiro atoms. The molecular formula is C17H24Cl2FN3O. The maximum absolute atomic E-state index is 13.9. The normalized spacial score (nSPS) is 22.1. The number of carbonyl (C=O) groups excluding carboxylic acids is 1. The van der Waals surface area contributed by atoms with Crippen LogP contribution in [0.5, 0.6) is 0 Å². The molecular weight excluding hydrogens is 352 g/mol. The number of hydrogen-bond acceptors (Lipinski definition) is 3. The van der Waals surface area contributed by atoms with Gasteiger partial charge in [0.1, 0.15) is 5.82 Å². The van der Waals surface area contributed by atoms with Crippen molar-refractivity contribution in [3.63, 3.8) is 0 Å². The van der Waals surface area contributed by atoms with Gasteiger partial charge < -0.3 is 10.2 Å². The quantitative estimate of drug-likeness (QED) is 0.881. The molecule has 0 bridgehead atoms. The second-order valence-electron chi connectivity index (χ2n) is 6.43. The number of piperidine rings is 1. The lowest BCUT2D eigenvalue weighted by atomic mass is 9.99. The maximum Gasteiger partial charge on any atom is 0.256 e. The van der Waals surface area contributed by atoms with Crippen LogP contribution in [0, 0.1) is 11.7 Å². The highest BCUT2D eigenvalue weighted by Crippen LogP contribution is 2.18. The zero-order chi connectivity index (χ0) is 16.2. The van der Waals surface area contributed by atoms with Crippen LogP contribution >= 0.6 is 24.0 Å². The number of nitrogens with zero attached hydrogens (tertiary/aromatic N) is 2. The number of amides is 1. The van der Waals surface area contributed by atoms with E-state index in [0.717, 1.165) is 32.7 Å². The first-order chi connectivity index (χ1) is 11.1. The van der Waals surface area contributed by atoms with Crippen molar-refractivity contribution < 1.29 is 9.18 Å². The highest BCUT2D eigenvalue weighted by atomic mass is 35.5. The molecule has 2 saturated heterocycles. The molecule has 2 fully saturated rings. The Bertz CT molecular complexity index is 559. The summed E-state index contributed by atoms with van der Waals surface area (Å²) in [6, 6.07) is 4.23. The summed E-state index contributed by atoms with van der Waals surface area (Å²) >= 11 is 5.74. The summed E-state index contributed by atoms with van der Waals surface area (Å²) in [4.78, 5) is 16.6. The number of halogens is 3. The molecule has 1 amide bonds. The van der Waals surface area contributed by atoms with Crippen molar-refractivity contribution in [2.24, 2.45) is 5.92 Å². The molecule has 2 aliphatic rings. The fraction of sp³-hybridized carbons (Fsp3) is 0.588. The van der Waals surface area contributed by atoms with Gasteiger partial charge in [-0.25, -0.2) is 4.39 Å². The average molecular weight is 376 g/mol. The van der Waals surface area contributed by atoms with Crippen molar-refractivity contribution >= 4 is 29.9 Å². The van der Waals surface area contributed by atoms with Crippen LogP contribution in [0.4, 0.5) is 4.39 Å². The van der Waals surface area contributed by atoms with E-state index in [1.165, 1.54) is 25.0 Å². The second-order valence-corrected chi connectivity index (χ2v) is 6.87. The molecule has 7 heteroatoms. The van der Waals surface area contributed by atoms with Gasteiger partial charge in [-0.2, -0.15) is 0 Å². The van der Waals surface area contributed by atoms with E-state index in [0.29, 0.717) is 24.0 Å². The van der Waals surface area contributed by atoms with Crippen LogP contribution in [0.25, 0.3) is 0 Å². The summed E-state index contributed by atoms with van der Waals surface area (Å²) in [6.45, 7) is 6.34. The Hall–Kier alpha value is -0.880. The molecule has 0 aliphatic carbocycles. The first-order valence-corrected chi connectivity index (χ1v) is 8.68. The van der Waals surface area contributed by atoms with Gasteiger partial charge in [0.25, 0.3) is 5.91 Å². The van der Waals surface area contributed by atoms with E-state index in [1.807, 2.05) is 0 Å². The highest BCUT2D eigenvalue weighted by Gasteiger charge is 2.25. The van der Waals surface area contributed by atoms with Crippen molar-refractivity contribution in [1.82, 2.24) is 15.1 Å². The van der Waals surface area contributed by atoms with Gasteiger partial charge in [0.05, 0.1) is 5.56 Å². The predicted octanol–water partition coefficient (Wildman–Crippen LogP) is 2.66. The van der Waals surface area contributed by atoms with Crippen LogP contribution in [0.15, 0.2) is 18.2 Å². The molecule has 0 saturated carbocycles. The van der Waals surface area contributed by atoms with Gasteiger partial charge in [-0.05, 0) is 50.0 Å². The molecule has 1 unspecified atom stereocenters. The van der Waals surface area contributed by atoms with Gasteiger partial charge in [-0.15, -0.1) is 12.4 Å². The number of piperazine rings is 1. The third-order valence-electron chi connectivity index (χ3n) is 4.74. The number of benzene rings is 1. The third-order valence-corrected chi connectivity index (χ3v) is 4.97. The van der Waals surface area contributed by atoms with Crippen LogP contribution in [-0.2, 0) is 0 Å². The lowest BCUT2D eigenvalue weighted by Crippen LogP contribution is -2.51. The molecule has 0 aromatic heterocycles. The maximum atomic E-state index is 13.9. The van der Waals surface area contributed by atoms with Crippen LogP contribution in [0.3, 0.4) is 0 Å². The summed E-state index contributed by atoms with van der Waals surface area (Å²) in [5, 5.41) is 3.75. The summed E-state index contributed by atoms with van der Waals surface area (Å²) in [7, 11) is 0. The number of nitrogens with one attached hydrogen (secondary N) is 1. The second kappa shape index (κ2) is 8.99. The van der Waals surface area contributed by atoms with E-state index in [9.17, 15) is 9.18 Å². The third kappa shape index (κ3) is 4.82. The topological polar surface area (TPSA) is 35.6 Å². The van der Waals surface area contributed by atoms with Gasteiger partial charge in [0.15, 0.2) is 0 Å². The first kappa shape index (κ1) is 19.4. The van der Waals surface area contributed by atoms with Crippen LogP contribution in [0.1, 0.15) is 23.2 Å². The van der Waals surface area contributed by atoms with Gasteiger partial charge in [0, 0.05) is 37.7 Å². The zero-order valence-corrected chi connectivity index (χ0v) is 15.2. The van der Waals surface area contributed by atoms with E-state index >= 15 is 0 Å². The number of carbonyl (C=O) groups is 1. The molecule has 24 heavy (non-hydrogen) atoms. The van der Waals surface area contributed by atoms with Crippen molar-refractivity contribution in [3.8, 4) is 0 Å². The van der Waals surface area contributed by atoms with Crippen LogP contribution in [0.2, 0.25) is 5.02 Å². The predicted molar refractivity (Wildman–Crippen MR) is 96.6 cm³/mol. The highest BCUT2D eigenvalue weighted by molar-refractivity contribution is 6.30. The van der Waals surface area contributed by atoms with Crippen molar-refractivity contribution in [3.05, 3.63) is 34.6 Å². The molecule has 3 rings (SSSR count). The standard InChI is InChI=1S/C17H23ClFN3O.ClH/c18-14-3-4-15(16(19)10-14)17(23)22-8-6-21(7-9-22)12-13-2-1-5-20-11-13;/h3-4,10,13,20H,1-2,5-9,11-12H2;1H. The fourth-order valence-electron chi connectivity index (χ4n) is 3.41. The summed E-state index contributed by atoms with van der Waals surface area (Å²) in [5.41, 5.74) is 0.110. The Morgan fingerprint density at radius 1 is 1.29 bits per heavy atom. The minimum absolute atomic E-state index is 0. The summed E-state index contributed by atoms with van der Waals surface area (Å²) in [5.74, 6) is -0.0731. The molecule has 0 radical (unpaired) electrons. The molecule has 1 aromatic rings. The van der Waals surface area contributed by atoms with Crippen LogP contribution in [-0.4, -0.2) is 61.5 Å². The smallest absolute Gasteiger partial charge is 0.256 e. The number of hydrogen-bond donors (Lipinski definition) is 1. The minimum Gasteiger partial charge on any atom is -0.336 e. The average Bonchev–Trinajstić information content (AvgIpc) is 2.56. The Morgan fingerprint density at radius 2 is 2.04 bits per heavy atom. The van der Waals surface area contributed by atoms with Crippen molar-refractivity contribution in [2.45, 2.75) is 12.8 Å². The fourth-order valence-corrected chi connectivity index (χ4v) is 3.57. The Balaban J connectivity index is 0.00000208. The Labute approximate surface area is 153 Å². The van der Waals surface area contributed by atoms with Gasteiger partial charge in [0.2, 0.25) is 0 Å². The monoisotopic (exact) mass is 375 g/mol. The molecule has 1 N–H and O–H groups in total. The largest absolute Gasteiger partial charge is 0.336 e. The van der Waals surface area contributed by atoms with E-state index in [-0.39, 0.29) is 23.9 Å². The molecule has 134 valence electrons. The summed E-state index contributed by atoms with van der Waals surface area (Å²) in [6.07, 6.45) is 2.53. The molecule has 1 aromatic carbocycles. The molecule has 1 atom stereocenters. The lowest BCUT2D eigenvalue weighted by molar-refractivity contribution is 0.0605. The number of rotatable bonds is 3. The van der Waals surface area contributed by atoms with E-state index in [1.54, 1.807) is 11.0 Å². The van der Waals surface area contributed by atoms with Crippen molar-refractivity contribution in [1.29, 1.82) is 0 Å². The lowest BCUT2D eigenvalue weighted by Gasteiger charge is -2.37. The molecule has 4 nitrogen and oxygen atoms in total. The molecule has 2 aliphatic heterocycles. The van der Waals surface area contributed by atoms with Gasteiger partial charge in [-0.1, -0.05) is 11.6 Å². The molecule has 2 heterocycles. The minimum atomic E-state index is -0.543. The van der Waals surface area contributed by atoms with E-state index in [2.05, 4.69) is 10.2 Å². The van der Waals surface area contributed by atoms with E-state index in [4.69, 9.17) is 11.6 Å². The SMILES string of the molecule is Cl.O=C(c1ccc(Cl)cc1F)N1CCN(CC2CCCNC2)CC1. The van der Waals surface area contributed by atoms with Crippen LogP contribution < -0.4 is 5.32 Å². The van der Waals surface area contributed by atoms with Gasteiger partial charge in [-0.3, -0.25) is 9.69 Å². The van der Waals surface area contributed by atoms with Crippen molar-refractivity contribution in [2.75, 3.05) is 45.8 Å². The van der Waals surface area contributed by atoms with Gasteiger partial charge >= 0.3 is 0 Å². The zero-order valence-electron chi connectivity index (χ0n) is 13.6. The Kier molecular flexibility index (Phi) is 7.29. The van der Waals surface area contributed by atoms with E-state index < -0.39 is 5.82 Å².